The number of halogens is 1. The molecule has 134 valence electrons. The number of hydrogen-bond donors (Lipinski definition) is 1. The summed E-state index contributed by atoms with van der Waals surface area (Å²) in [5, 5.41) is 6.98. The zero-order valence-corrected chi connectivity index (χ0v) is 15.0. The van der Waals surface area contributed by atoms with Crippen LogP contribution in [0.5, 0.6) is 0 Å². The number of hydrogen-bond acceptors (Lipinski definition) is 5. The number of amides is 1. The summed E-state index contributed by atoms with van der Waals surface area (Å²) in [6.07, 6.45) is 1.50. The van der Waals surface area contributed by atoms with Crippen molar-refractivity contribution >= 4 is 32.6 Å². The lowest BCUT2D eigenvalue weighted by atomic mass is 10.2. The number of aromatic nitrogens is 3. The highest BCUT2D eigenvalue weighted by atomic mass is 32.1. The average molecular weight is 380 g/mol. The highest BCUT2D eigenvalue weighted by molar-refractivity contribution is 7.22. The molecular formula is C19H13FN4O2S. The predicted molar refractivity (Wildman–Crippen MR) is 102 cm³/mol. The van der Waals surface area contributed by atoms with E-state index >= 15 is 0 Å². The topological polar surface area (TPSA) is 76.9 Å². The number of benzene rings is 2. The Labute approximate surface area is 156 Å². The van der Waals surface area contributed by atoms with Crippen molar-refractivity contribution in [3.8, 4) is 5.69 Å². The first-order chi connectivity index (χ1) is 13.0. The molecule has 8 heteroatoms. The van der Waals surface area contributed by atoms with Gasteiger partial charge in [-0.25, -0.2) is 14.1 Å². The van der Waals surface area contributed by atoms with Crippen LogP contribution in [0.1, 0.15) is 16.1 Å². The first-order valence-corrected chi connectivity index (χ1v) is 8.86. The minimum Gasteiger partial charge on any atom is -0.296 e. The summed E-state index contributed by atoms with van der Waals surface area (Å²) in [5.41, 5.74) is 1.64. The summed E-state index contributed by atoms with van der Waals surface area (Å²) in [6, 6.07) is 13.0. The standard InChI is InChI=1S/C19H13FN4O2S/c1-11-2-5-13(6-3-11)24-9-8-15(25)17(23-24)18(26)22-19-21-14-7-4-12(20)10-16(14)27-19/h2-10H,1H3,(H,21,22,26). The van der Waals surface area contributed by atoms with Crippen molar-refractivity contribution < 1.29 is 9.18 Å². The molecule has 0 aliphatic rings. The minimum absolute atomic E-state index is 0.247. The lowest BCUT2D eigenvalue weighted by Crippen LogP contribution is -2.25. The number of carbonyl (C=O) groups excluding carboxylic acids is 1. The smallest absolute Gasteiger partial charge is 0.281 e. The van der Waals surface area contributed by atoms with Crippen molar-refractivity contribution in [1.29, 1.82) is 0 Å². The number of aryl methyl sites for hydroxylation is 1. The molecular weight excluding hydrogens is 367 g/mol. The maximum Gasteiger partial charge on any atom is 0.281 e. The monoisotopic (exact) mass is 380 g/mol. The summed E-state index contributed by atoms with van der Waals surface area (Å²) >= 11 is 1.12. The molecule has 6 nitrogen and oxygen atoms in total. The van der Waals surface area contributed by atoms with E-state index in [1.807, 2.05) is 31.2 Å². The van der Waals surface area contributed by atoms with Crippen molar-refractivity contribution in [2.45, 2.75) is 6.92 Å². The average Bonchev–Trinajstić information content (AvgIpc) is 3.04. The Morgan fingerprint density at radius 1 is 1.15 bits per heavy atom. The second-order valence-electron chi connectivity index (χ2n) is 5.89. The lowest BCUT2D eigenvalue weighted by Gasteiger charge is -2.07. The lowest BCUT2D eigenvalue weighted by molar-refractivity contribution is 0.101. The highest BCUT2D eigenvalue weighted by Gasteiger charge is 2.16. The van der Waals surface area contributed by atoms with Gasteiger partial charge < -0.3 is 0 Å². The Hall–Kier alpha value is -3.39. The molecule has 2 aromatic carbocycles. The summed E-state index contributed by atoms with van der Waals surface area (Å²) in [4.78, 5) is 28.8. The second kappa shape index (κ2) is 6.73. The van der Waals surface area contributed by atoms with Crippen molar-refractivity contribution in [3.05, 3.63) is 82.0 Å². The first kappa shape index (κ1) is 17.0. The molecule has 2 heterocycles. The number of carbonyl (C=O) groups is 1. The van der Waals surface area contributed by atoms with Gasteiger partial charge in [0.25, 0.3) is 5.91 Å². The summed E-state index contributed by atoms with van der Waals surface area (Å²) in [6.45, 7) is 1.96. The molecule has 0 fully saturated rings. The molecule has 0 aliphatic heterocycles. The van der Waals surface area contributed by atoms with Crippen LogP contribution in [0.4, 0.5) is 9.52 Å². The molecule has 4 rings (SSSR count). The molecule has 0 saturated heterocycles. The normalized spacial score (nSPS) is 10.9. The van der Waals surface area contributed by atoms with E-state index in [2.05, 4.69) is 15.4 Å². The summed E-state index contributed by atoms with van der Waals surface area (Å²) < 4.78 is 15.4. The molecule has 27 heavy (non-hydrogen) atoms. The van der Waals surface area contributed by atoms with E-state index < -0.39 is 11.3 Å². The zero-order valence-electron chi connectivity index (χ0n) is 14.1. The fourth-order valence-corrected chi connectivity index (χ4v) is 3.40. The van der Waals surface area contributed by atoms with Crippen LogP contribution in [0.2, 0.25) is 0 Å². The molecule has 0 saturated carbocycles. The quantitative estimate of drug-likeness (QED) is 0.590. The number of nitrogens with zero attached hydrogens (tertiary/aromatic N) is 3. The number of fused-ring (bicyclic) bond motifs is 1. The molecule has 0 bridgehead atoms. The van der Waals surface area contributed by atoms with Gasteiger partial charge in [0.2, 0.25) is 5.43 Å². The molecule has 0 unspecified atom stereocenters. The van der Waals surface area contributed by atoms with Crippen LogP contribution in [-0.2, 0) is 0 Å². The van der Waals surface area contributed by atoms with Crippen molar-refractivity contribution in [1.82, 2.24) is 14.8 Å². The summed E-state index contributed by atoms with van der Waals surface area (Å²) in [5.74, 6) is -1.05. The third kappa shape index (κ3) is 3.47. The van der Waals surface area contributed by atoms with Gasteiger partial charge in [0.05, 0.1) is 15.9 Å². The fourth-order valence-electron chi connectivity index (χ4n) is 2.51. The highest BCUT2D eigenvalue weighted by Crippen LogP contribution is 2.26. The number of rotatable bonds is 3. The molecule has 1 amide bonds. The van der Waals surface area contributed by atoms with Crippen molar-refractivity contribution in [2.24, 2.45) is 0 Å². The van der Waals surface area contributed by atoms with Crippen LogP contribution in [0.15, 0.2) is 59.5 Å². The van der Waals surface area contributed by atoms with Gasteiger partial charge in [-0.1, -0.05) is 29.0 Å². The Morgan fingerprint density at radius 3 is 2.70 bits per heavy atom. The Kier molecular flexibility index (Phi) is 4.25. The van der Waals surface area contributed by atoms with Gasteiger partial charge in [-0.3, -0.25) is 14.9 Å². The van der Waals surface area contributed by atoms with E-state index in [0.717, 1.165) is 22.6 Å². The zero-order chi connectivity index (χ0) is 19.0. The molecule has 4 aromatic rings. The van der Waals surface area contributed by atoms with Gasteiger partial charge in [-0.15, -0.1) is 0 Å². The molecule has 2 aromatic heterocycles. The van der Waals surface area contributed by atoms with E-state index in [9.17, 15) is 14.0 Å². The van der Waals surface area contributed by atoms with Crippen molar-refractivity contribution in [3.63, 3.8) is 0 Å². The van der Waals surface area contributed by atoms with E-state index in [0.29, 0.717) is 10.2 Å². The predicted octanol–water partition coefficient (Wildman–Crippen LogP) is 3.54. The third-order valence-corrected chi connectivity index (χ3v) is 4.83. The Balaban J connectivity index is 1.65. The van der Waals surface area contributed by atoms with Gasteiger partial charge in [0.15, 0.2) is 10.8 Å². The minimum atomic E-state index is -0.666. The van der Waals surface area contributed by atoms with Gasteiger partial charge in [-0.05, 0) is 37.3 Å². The third-order valence-electron chi connectivity index (χ3n) is 3.89. The van der Waals surface area contributed by atoms with Gasteiger partial charge in [0.1, 0.15) is 5.82 Å². The molecule has 0 radical (unpaired) electrons. The molecule has 1 N–H and O–H groups in total. The van der Waals surface area contributed by atoms with Crippen LogP contribution in [0.25, 0.3) is 15.9 Å². The molecule has 0 atom stereocenters. The molecule has 0 spiro atoms. The maximum absolute atomic E-state index is 13.3. The van der Waals surface area contributed by atoms with Gasteiger partial charge in [0, 0.05) is 12.3 Å². The fraction of sp³-hybridized carbons (Fsp3) is 0.0526. The number of nitrogens with one attached hydrogen (secondary N) is 1. The number of thiazole rings is 1. The van der Waals surface area contributed by atoms with E-state index in [1.165, 1.54) is 35.1 Å². The maximum atomic E-state index is 13.3. The van der Waals surface area contributed by atoms with Gasteiger partial charge >= 0.3 is 0 Å². The van der Waals surface area contributed by atoms with Crippen molar-refractivity contribution in [2.75, 3.05) is 5.32 Å². The first-order valence-electron chi connectivity index (χ1n) is 8.04. The van der Waals surface area contributed by atoms with Crippen LogP contribution in [0, 0.1) is 12.7 Å². The Morgan fingerprint density at radius 2 is 1.93 bits per heavy atom. The Bertz CT molecular complexity index is 1210. The van der Waals surface area contributed by atoms with Crippen LogP contribution >= 0.6 is 11.3 Å². The number of anilines is 1. The van der Waals surface area contributed by atoms with Gasteiger partial charge in [-0.2, -0.15) is 5.10 Å². The SMILES string of the molecule is Cc1ccc(-n2ccc(=O)c(C(=O)Nc3nc4ccc(F)cc4s3)n2)cc1. The summed E-state index contributed by atoms with van der Waals surface area (Å²) in [7, 11) is 0. The van der Waals surface area contributed by atoms with E-state index in [4.69, 9.17) is 0 Å². The van der Waals surface area contributed by atoms with E-state index in [-0.39, 0.29) is 16.6 Å². The largest absolute Gasteiger partial charge is 0.296 e. The second-order valence-corrected chi connectivity index (χ2v) is 6.92. The van der Waals surface area contributed by atoms with E-state index in [1.54, 1.807) is 0 Å². The van der Waals surface area contributed by atoms with Crippen LogP contribution in [-0.4, -0.2) is 20.7 Å². The molecule has 0 aliphatic carbocycles. The van der Waals surface area contributed by atoms with Crippen LogP contribution in [0.3, 0.4) is 0 Å². The van der Waals surface area contributed by atoms with Crippen LogP contribution < -0.4 is 10.7 Å².